The molecule has 0 aliphatic heterocycles. The lowest BCUT2D eigenvalue weighted by atomic mass is 9.99. The van der Waals surface area contributed by atoms with Gasteiger partial charge in [0.1, 0.15) is 5.72 Å². The molecule has 0 radical (unpaired) electrons. The lowest BCUT2D eigenvalue weighted by Crippen LogP contribution is -2.39. The third kappa shape index (κ3) is 1.66. The van der Waals surface area contributed by atoms with Crippen molar-refractivity contribution in [1.29, 1.82) is 0 Å². The Bertz CT molecular complexity index is 321. The molecule has 0 heterocycles. The van der Waals surface area contributed by atoms with Gasteiger partial charge in [-0.25, -0.2) is 0 Å². The fraction of sp³-hybridized carbons (Fsp3) is 0.400. The number of rotatable bonds is 3. The molecule has 1 unspecified atom stereocenters. The van der Waals surface area contributed by atoms with Gasteiger partial charge in [0.05, 0.1) is 0 Å². The van der Waals surface area contributed by atoms with E-state index >= 15 is 0 Å². The number of aliphatic hydroxyl groups is 1. The van der Waals surface area contributed by atoms with Gasteiger partial charge >= 0.3 is 0 Å². The van der Waals surface area contributed by atoms with Crippen molar-refractivity contribution in [3.05, 3.63) is 23.8 Å². The average molecular weight is 197 g/mol. The molecule has 4 heteroatoms. The third-order valence-corrected chi connectivity index (χ3v) is 2.39. The number of hydrogen-bond acceptors (Lipinski definition) is 4. The number of benzene rings is 1. The van der Waals surface area contributed by atoms with Crippen molar-refractivity contribution in [2.75, 3.05) is 7.05 Å². The average Bonchev–Trinajstić information content (AvgIpc) is 2.21. The molecular weight excluding hydrogens is 182 g/mol. The standard InChI is InChI=1S/C10H15NO3/c1-3-10(14,11-2)7-5-4-6-8(12)9(7)13/h4-6,11-14H,3H2,1-2H3. The molecule has 0 spiro atoms. The van der Waals surface area contributed by atoms with Gasteiger partial charge in [0, 0.05) is 5.56 Å². The zero-order chi connectivity index (χ0) is 10.8. The van der Waals surface area contributed by atoms with E-state index in [4.69, 9.17) is 0 Å². The first kappa shape index (κ1) is 10.8. The van der Waals surface area contributed by atoms with Crippen LogP contribution in [0.5, 0.6) is 11.5 Å². The Hall–Kier alpha value is -1.26. The Labute approximate surface area is 82.8 Å². The van der Waals surface area contributed by atoms with Gasteiger partial charge < -0.3 is 15.3 Å². The Morgan fingerprint density at radius 3 is 2.50 bits per heavy atom. The van der Waals surface area contributed by atoms with Crippen molar-refractivity contribution in [1.82, 2.24) is 5.32 Å². The molecule has 1 rings (SSSR count). The van der Waals surface area contributed by atoms with Crippen LogP contribution in [0, 0.1) is 0 Å². The summed E-state index contributed by atoms with van der Waals surface area (Å²) in [5.74, 6) is -0.518. The molecule has 0 fully saturated rings. The molecule has 4 N–H and O–H groups in total. The van der Waals surface area contributed by atoms with Gasteiger partial charge in [-0.05, 0) is 19.5 Å². The van der Waals surface area contributed by atoms with E-state index in [1.165, 1.54) is 6.07 Å². The minimum Gasteiger partial charge on any atom is -0.504 e. The molecule has 0 aromatic heterocycles. The normalized spacial score (nSPS) is 15.1. The number of phenolic OH excluding ortho intramolecular Hbond substituents is 2. The molecule has 0 bridgehead atoms. The first-order valence-corrected chi connectivity index (χ1v) is 4.48. The van der Waals surface area contributed by atoms with Crippen molar-refractivity contribution < 1.29 is 15.3 Å². The van der Waals surface area contributed by atoms with Gasteiger partial charge in [0.25, 0.3) is 0 Å². The molecule has 0 aliphatic rings. The molecule has 1 aromatic carbocycles. The van der Waals surface area contributed by atoms with Crippen LogP contribution in [0.15, 0.2) is 18.2 Å². The van der Waals surface area contributed by atoms with Crippen LogP contribution in [-0.2, 0) is 5.72 Å². The van der Waals surface area contributed by atoms with Crippen LogP contribution in [-0.4, -0.2) is 22.4 Å². The zero-order valence-electron chi connectivity index (χ0n) is 8.28. The van der Waals surface area contributed by atoms with Crippen LogP contribution < -0.4 is 5.32 Å². The van der Waals surface area contributed by atoms with E-state index in [0.29, 0.717) is 6.42 Å². The maximum atomic E-state index is 10.0. The van der Waals surface area contributed by atoms with Crippen molar-refractivity contribution >= 4 is 0 Å². The number of aromatic hydroxyl groups is 2. The minimum atomic E-state index is -1.30. The lowest BCUT2D eigenvalue weighted by molar-refractivity contribution is 0.00180. The van der Waals surface area contributed by atoms with Crippen LogP contribution in [0.4, 0.5) is 0 Å². The second-order valence-electron chi connectivity index (χ2n) is 3.14. The summed E-state index contributed by atoms with van der Waals surface area (Å²) in [6.45, 7) is 1.78. The van der Waals surface area contributed by atoms with Gasteiger partial charge in [-0.2, -0.15) is 0 Å². The monoisotopic (exact) mass is 197 g/mol. The highest BCUT2D eigenvalue weighted by Crippen LogP contribution is 2.35. The maximum Gasteiger partial charge on any atom is 0.165 e. The molecule has 14 heavy (non-hydrogen) atoms. The highest BCUT2D eigenvalue weighted by Gasteiger charge is 2.28. The van der Waals surface area contributed by atoms with Crippen LogP contribution in [0.2, 0.25) is 0 Å². The van der Waals surface area contributed by atoms with Crippen LogP contribution in [0.1, 0.15) is 18.9 Å². The number of hydrogen-bond donors (Lipinski definition) is 4. The summed E-state index contributed by atoms with van der Waals surface area (Å²) in [4.78, 5) is 0. The fourth-order valence-electron chi connectivity index (χ4n) is 1.37. The van der Waals surface area contributed by atoms with Gasteiger partial charge in [0.15, 0.2) is 11.5 Å². The molecular formula is C10H15NO3. The van der Waals surface area contributed by atoms with E-state index in [1.54, 1.807) is 26.1 Å². The van der Waals surface area contributed by atoms with Crippen molar-refractivity contribution in [3.63, 3.8) is 0 Å². The molecule has 0 saturated carbocycles. The van der Waals surface area contributed by atoms with Gasteiger partial charge in [-0.15, -0.1) is 0 Å². The molecule has 78 valence electrons. The predicted octanol–water partition coefficient (Wildman–Crippen LogP) is 0.872. The summed E-state index contributed by atoms with van der Waals surface area (Å²) in [6.07, 6.45) is 0.389. The zero-order valence-corrected chi connectivity index (χ0v) is 8.28. The predicted molar refractivity (Wildman–Crippen MR) is 53.0 cm³/mol. The smallest absolute Gasteiger partial charge is 0.165 e. The Balaban J connectivity index is 3.24. The molecule has 1 atom stereocenters. The summed E-state index contributed by atoms with van der Waals surface area (Å²) in [7, 11) is 1.59. The quantitative estimate of drug-likeness (QED) is 0.428. The Morgan fingerprint density at radius 2 is 2.00 bits per heavy atom. The first-order chi connectivity index (χ1) is 6.55. The number of nitrogens with one attached hydrogen (secondary N) is 1. The molecule has 0 saturated heterocycles. The van der Waals surface area contributed by atoms with Crippen molar-refractivity contribution in [2.45, 2.75) is 19.1 Å². The van der Waals surface area contributed by atoms with E-state index in [0.717, 1.165) is 0 Å². The van der Waals surface area contributed by atoms with Crippen molar-refractivity contribution in [2.24, 2.45) is 0 Å². The van der Waals surface area contributed by atoms with Crippen LogP contribution >= 0.6 is 0 Å². The summed E-state index contributed by atoms with van der Waals surface area (Å²) in [5.41, 5.74) is -1.02. The molecule has 4 nitrogen and oxygen atoms in total. The topological polar surface area (TPSA) is 72.7 Å². The molecule has 1 aromatic rings. The summed E-state index contributed by atoms with van der Waals surface area (Å²) >= 11 is 0. The second-order valence-corrected chi connectivity index (χ2v) is 3.14. The summed E-state index contributed by atoms with van der Waals surface area (Å²) < 4.78 is 0. The largest absolute Gasteiger partial charge is 0.504 e. The number of para-hydroxylation sites is 1. The highest BCUT2D eigenvalue weighted by atomic mass is 16.3. The van der Waals surface area contributed by atoms with E-state index in [2.05, 4.69) is 5.32 Å². The molecule has 0 amide bonds. The fourth-order valence-corrected chi connectivity index (χ4v) is 1.37. The van der Waals surface area contributed by atoms with Gasteiger partial charge in [-0.3, -0.25) is 5.32 Å². The molecule has 0 aliphatic carbocycles. The minimum absolute atomic E-state index is 0.232. The Morgan fingerprint density at radius 1 is 1.36 bits per heavy atom. The van der Waals surface area contributed by atoms with Crippen LogP contribution in [0.3, 0.4) is 0 Å². The van der Waals surface area contributed by atoms with E-state index in [9.17, 15) is 15.3 Å². The highest BCUT2D eigenvalue weighted by molar-refractivity contribution is 5.46. The SMILES string of the molecule is CCC(O)(NC)c1cccc(O)c1O. The van der Waals surface area contributed by atoms with Crippen molar-refractivity contribution in [3.8, 4) is 11.5 Å². The lowest BCUT2D eigenvalue weighted by Gasteiger charge is -2.27. The summed E-state index contributed by atoms with van der Waals surface area (Å²) in [5, 5.41) is 31.5. The van der Waals surface area contributed by atoms with Gasteiger partial charge in [0.2, 0.25) is 0 Å². The number of phenols is 2. The maximum absolute atomic E-state index is 10.0. The Kier molecular flexibility index (Phi) is 2.98. The third-order valence-electron chi connectivity index (χ3n) is 2.39. The first-order valence-electron chi connectivity index (χ1n) is 4.48. The summed E-state index contributed by atoms with van der Waals surface area (Å²) in [6, 6.07) is 4.50. The van der Waals surface area contributed by atoms with E-state index in [1.807, 2.05) is 0 Å². The van der Waals surface area contributed by atoms with Crippen LogP contribution in [0.25, 0.3) is 0 Å². The second kappa shape index (κ2) is 3.86. The van der Waals surface area contributed by atoms with E-state index < -0.39 is 5.72 Å². The van der Waals surface area contributed by atoms with Gasteiger partial charge in [-0.1, -0.05) is 19.1 Å². The van der Waals surface area contributed by atoms with E-state index in [-0.39, 0.29) is 17.1 Å².